The van der Waals surface area contributed by atoms with Crippen LogP contribution in [0.25, 0.3) is 0 Å². The van der Waals surface area contributed by atoms with Gasteiger partial charge in [-0.3, -0.25) is 5.10 Å². The second kappa shape index (κ2) is 6.33. The lowest BCUT2D eigenvalue weighted by Crippen LogP contribution is -2.38. The molecule has 0 aliphatic carbocycles. The first kappa shape index (κ1) is 13.6. The van der Waals surface area contributed by atoms with Crippen molar-refractivity contribution >= 4 is 26.0 Å². The van der Waals surface area contributed by atoms with Crippen molar-refractivity contribution in [3.8, 4) is 0 Å². The molecule has 92 valence electrons. The van der Waals surface area contributed by atoms with Crippen LogP contribution in [0.15, 0.2) is 17.3 Å². The number of nitrogens with one attached hydrogen (secondary N) is 2. The number of hydrogen-bond donors (Lipinski definition) is 2. The van der Waals surface area contributed by atoms with E-state index in [2.05, 4.69) is 30.8 Å². The van der Waals surface area contributed by atoms with Crippen molar-refractivity contribution in [3.63, 3.8) is 0 Å². The predicted molar refractivity (Wildman–Crippen MR) is 63.0 cm³/mol. The topological polar surface area (TPSA) is 84.1 Å². The molecule has 2 N–H and O–H groups in total. The molecule has 1 rings (SSSR count). The number of H-pyrrole nitrogens is 1. The van der Waals surface area contributed by atoms with E-state index in [9.17, 15) is 8.42 Å². The molecule has 0 aliphatic rings. The summed E-state index contributed by atoms with van der Waals surface area (Å²) in [5.41, 5.74) is 0. The molecule has 0 radical (unpaired) electrons. The Morgan fingerprint density at radius 3 is 2.94 bits per heavy atom. The van der Waals surface area contributed by atoms with Gasteiger partial charge < -0.3 is 4.74 Å². The van der Waals surface area contributed by atoms with Crippen molar-refractivity contribution in [2.45, 2.75) is 17.4 Å². The summed E-state index contributed by atoms with van der Waals surface area (Å²) in [6.07, 6.45) is 3.26. The van der Waals surface area contributed by atoms with Crippen LogP contribution in [0.5, 0.6) is 0 Å². The molecule has 1 aromatic heterocycles. The fourth-order valence-corrected chi connectivity index (χ4v) is 2.90. The molecule has 1 heterocycles. The van der Waals surface area contributed by atoms with Crippen molar-refractivity contribution in [1.29, 1.82) is 0 Å². The molecular formula is C8H14BrN3O3S. The second-order valence-electron chi connectivity index (χ2n) is 3.19. The fourth-order valence-electron chi connectivity index (χ4n) is 1.18. The fraction of sp³-hybridized carbons (Fsp3) is 0.625. The van der Waals surface area contributed by atoms with Crippen LogP contribution in [-0.2, 0) is 14.8 Å². The number of alkyl halides is 1. The van der Waals surface area contributed by atoms with Gasteiger partial charge in [-0.05, 0) is 6.42 Å². The zero-order valence-corrected chi connectivity index (χ0v) is 11.2. The lowest BCUT2D eigenvalue weighted by Gasteiger charge is -2.15. The SMILES string of the molecule is COCC(CCBr)NS(=O)(=O)c1cn[nH]c1. The van der Waals surface area contributed by atoms with Gasteiger partial charge in [-0.2, -0.15) is 5.10 Å². The normalized spacial score (nSPS) is 13.9. The van der Waals surface area contributed by atoms with Crippen molar-refractivity contribution in [2.75, 3.05) is 19.0 Å². The molecule has 0 spiro atoms. The van der Waals surface area contributed by atoms with E-state index in [0.717, 1.165) is 0 Å². The van der Waals surface area contributed by atoms with Crippen LogP contribution >= 0.6 is 15.9 Å². The molecule has 0 fully saturated rings. The van der Waals surface area contributed by atoms with Gasteiger partial charge in [-0.15, -0.1) is 0 Å². The molecule has 0 saturated carbocycles. The first-order valence-electron chi connectivity index (χ1n) is 4.66. The van der Waals surface area contributed by atoms with E-state index >= 15 is 0 Å². The number of aromatic amines is 1. The number of halogens is 1. The highest BCUT2D eigenvalue weighted by atomic mass is 79.9. The van der Waals surface area contributed by atoms with Gasteiger partial charge in [0.15, 0.2) is 0 Å². The minimum Gasteiger partial charge on any atom is -0.383 e. The molecule has 0 amide bonds. The molecule has 6 nitrogen and oxygen atoms in total. The Morgan fingerprint density at radius 1 is 1.69 bits per heavy atom. The predicted octanol–water partition coefficient (Wildman–Crippen LogP) is 0.488. The van der Waals surface area contributed by atoms with Crippen LogP contribution in [0, 0.1) is 0 Å². The smallest absolute Gasteiger partial charge is 0.244 e. The van der Waals surface area contributed by atoms with E-state index in [0.29, 0.717) is 18.4 Å². The van der Waals surface area contributed by atoms with Gasteiger partial charge in [0.2, 0.25) is 10.0 Å². The molecule has 0 aromatic carbocycles. The van der Waals surface area contributed by atoms with Crippen LogP contribution in [0.2, 0.25) is 0 Å². The zero-order valence-electron chi connectivity index (χ0n) is 8.81. The Balaban J connectivity index is 2.70. The first-order chi connectivity index (χ1) is 7.60. The standard InChI is InChI=1S/C8H14BrN3O3S/c1-15-6-7(2-3-9)12-16(13,14)8-4-10-11-5-8/h4-5,7,12H,2-3,6H2,1H3,(H,10,11). The lowest BCUT2D eigenvalue weighted by molar-refractivity contribution is 0.173. The number of nitrogens with zero attached hydrogens (tertiary/aromatic N) is 1. The Hall–Kier alpha value is -0.440. The van der Waals surface area contributed by atoms with Crippen molar-refractivity contribution in [2.24, 2.45) is 0 Å². The molecule has 0 bridgehead atoms. The van der Waals surface area contributed by atoms with Crippen LogP contribution in [0.4, 0.5) is 0 Å². The summed E-state index contributed by atoms with van der Waals surface area (Å²) in [5, 5.41) is 6.77. The van der Waals surface area contributed by atoms with E-state index in [1.165, 1.54) is 19.5 Å². The average molecular weight is 312 g/mol. The first-order valence-corrected chi connectivity index (χ1v) is 7.26. The minimum absolute atomic E-state index is 0.128. The highest BCUT2D eigenvalue weighted by molar-refractivity contribution is 9.09. The highest BCUT2D eigenvalue weighted by Crippen LogP contribution is 2.07. The van der Waals surface area contributed by atoms with Crippen molar-refractivity contribution in [3.05, 3.63) is 12.4 Å². The Kier molecular flexibility index (Phi) is 5.39. The maximum absolute atomic E-state index is 11.8. The molecule has 0 aliphatic heterocycles. The molecule has 16 heavy (non-hydrogen) atoms. The lowest BCUT2D eigenvalue weighted by atomic mass is 10.3. The molecule has 1 unspecified atom stereocenters. The van der Waals surface area contributed by atoms with Gasteiger partial charge in [0.1, 0.15) is 4.90 Å². The van der Waals surface area contributed by atoms with Crippen molar-refractivity contribution in [1.82, 2.24) is 14.9 Å². The highest BCUT2D eigenvalue weighted by Gasteiger charge is 2.20. The maximum atomic E-state index is 11.8. The zero-order chi connectivity index (χ0) is 12.0. The van der Waals surface area contributed by atoms with Crippen molar-refractivity contribution < 1.29 is 13.2 Å². The van der Waals surface area contributed by atoms with Gasteiger partial charge in [-0.1, -0.05) is 15.9 Å². The Morgan fingerprint density at radius 2 is 2.44 bits per heavy atom. The van der Waals surface area contributed by atoms with Crippen LogP contribution < -0.4 is 4.72 Å². The summed E-state index contributed by atoms with van der Waals surface area (Å²) in [7, 11) is -1.97. The number of rotatable bonds is 7. The number of ether oxygens (including phenoxy) is 1. The van der Waals surface area contributed by atoms with Gasteiger partial charge in [0, 0.05) is 24.7 Å². The third-order valence-corrected chi connectivity index (χ3v) is 3.88. The molecular weight excluding hydrogens is 298 g/mol. The van der Waals surface area contributed by atoms with Gasteiger partial charge in [0.05, 0.1) is 12.8 Å². The molecule has 1 atom stereocenters. The van der Waals surface area contributed by atoms with Crippen LogP contribution in [0.1, 0.15) is 6.42 Å². The van der Waals surface area contributed by atoms with Gasteiger partial charge in [-0.25, -0.2) is 13.1 Å². The maximum Gasteiger partial charge on any atom is 0.244 e. The summed E-state index contributed by atoms with van der Waals surface area (Å²) in [5.74, 6) is 0. The van der Waals surface area contributed by atoms with E-state index in [1.54, 1.807) is 0 Å². The van der Waals surface area contributed by atoms with E-state index in [-0.39, 0.29) is 10.9 Å². The van der Waals surface area contributed by atoms with Gasteiger partial charge >= 0.3 is 0 Å². The summed E-state index contributed by atoms with van der Waals surface area (Å²) < 4.78 is 31.1. The number of methoxy groups -OCH3 is 1. The van der Waals surface area contributed by atoms with Gasteiger partial charge in [0.25, 0.3) is 0 Å². The Bertz CT molecular complexity index is 387. The van der Waals surface area contributed by atoms with E-state index < -0.39 is 10.0 Å². The summed E-state index contributed by atoms with van der Waals surface area (Å²) in [6.45, 7) is 0.336. The summed E-state index contributed by atoms with van der Waals surface area (Å²) >= 11 is 3.27. The molecule has 1 aromatic rings. The Labute approximate surface area is 103 Å². The number of sulfonamides is 1. The summed E-state index contributed by atoms with van der Waals surface area (Å²) in [4.78, 5) is 0.128. The third-order valence-electron chi connectivity index (χ3n) is 1.93. The number of aromatic nitrogens is 2. The molecule has 0 saturated heterocycles. The minimum atomic E-state index is -3.51. The quantitative estimate of drug-likeness (QED) is 0.718. The average Bonchev–Trinajstić information content (AvgIpc) is 2.71. The van der Waals surface area contributed by atoms with E-state index in [1.807, 2.05) is 0 Å². The van der Waals surface area contributed by atoms with Crippen LogP contribution in [-0.4, -0.2) is 43.7 Å². The number of hydrogen-bond acceptors (Lipinski definition) is 4. The van der Waals surface area contributed by atoms with Crippen LogP contribution in [0.3, 0.4) is 0 Å². The summed E-state index contributed by atoms with van der Waals surface area (Å²) in [6, 6.07) is -0.246. The third kappa shape index (κ3) is 3.85. The monoisotopic (exact) mass is 311 g/mol. The second-order valence-corrected chi connectivity index (χ2v) is 5.69. The molecule has 8 heteroatoms. The van der Waals surface area contributed by atoms with E-state index in [4.69, 9.17) is 4.74 Å². The largest absolute Gasteiger partial charge is 0.383 e.